The lowest BCUT2D eigenvalue weighted by Gasteiger charge is -2.14. The number of carbonyl (C=O) groups excluding carboxylic acids is 1. The van der Waals surface area contributed by atoms with Crippen LogP contribution in [0.2, 0.25) is 0 Å². The quantitative estimate of drug-likeness (QED) is 0.698. The summed E-state index contributed by atoms with van der Waals surface area (Å²) >= 11 is 0. The Balaban J connectivity index is 3.99. The van der Waals surface area contributed by atoms with Crippen LogP contribution < -0.4 is 5.32 Å². The van der Waals surface area contributed by atoms with E-state index in [1.807, 2.05) is 6.92 Å². The van der Waals surface area contributed by atoms with Gasteiger partial charge in [0.1, 0.15) is 19.3 Å². The van der Waals surface area contributed by atoms with E-state index in [4.69, 9.17) is 5.11 Å². The lowest BCUT2D eigenvalue weighted by molar-refractivity contribution is -0.176. The van der Waals surface area contributed by atoms with Crippen molar-refractivity contribution >= 4 is 11.9 Å². The monoisotopic (exact) mass is 271 g/mol. The van der Waals surface area contributed by atoms with Crippen molar-refractivity contribution in [2.75, 3.05) is 13.2 Å². The molecule has 0 rings (SSSR count). The minimum atomic E-state index is -4.51. The molecule has 18 heavy (non-hydrogen) atoms. The number of rotatable bonds is 8. The van der Waals surface area contributed by atoms with Gasteiger partial charge in [0.25, 0.3) is 0 Å². The molecule has 0 spiro atoms. The van der Waals surface area contributed by atoms with E-state index in [-0.39, 0.29) is 6.42 Å². The predicted molar refractivity (Wildman–Crippen MR) is 56.0 cm³/mol. The maximum atomic E-state index is 11.7. The highest BCUT2D eigenvalue weighted by Gasteiger charge is 2.28. The van der Waals surface area contributed by atoms with Crippen LogP contribution in [0, 0.1) is 0 Å². The summed E-state index contributed by atoms with van der Waals surface area (Å²) in [5, 5.41) is 10.9. The molecule has 8 heteroatoms. The molecule has 1 unspecified atom stereocenters. The van der Waals surface area contributed by atoms with E-state index in [9.17, 15) is 22.8 Å². The smallest absolute Gasteiger partial charge is 0.411 e. The number of alkyl halides is 3. The molecule has 0 aromatic rings. The minimum absolute atomic E-state index is 0.233. The third kappa shape index (κ3) is 8.80. The third-order valence-electron chi connectivity index (χ3n) is 1.98. The second-order valence-electron chi connectivity index (χ2n) is 3.71. The van der Waals surface area contributed by atoms with Crippen molar-refractivity contribution in [1.29, 1.82) is 0 Å². The first-order valence-electron chi connectivity index (χ1n) is 5.43. The zero-order chi connectivity index (χ0) is 14.2. The second kappa shape index (κ2) is 7.91. The molecular weight excluding hydrogens is 255 g/mol. The van der Waals surface area contributed by atoms with Crippen LogP contribution in [-0.4, -0.2) is 42.4 Å². The summed E-state index contributed by atoms with van der Waals surface area (Å²) < 4.78 is 39.3. The number of carbonyl (C=O) groups is 2. The van der Waals surface area contributed by atoms with Crippen molar-refractivity contribution in [2.45, 2.75) is 38.4 Å². The molecule has 1 amide bonds. The average Bonchev–Trinajstić information content (AvgIpc) is 2.21. The van der Waals surface area contributed by atoms with Crippen molar-refractivity contribution in [3.63, 3.8) is 0 Å². The van der Waals surface area contributed by atoms with Crippen molar-refractivity contribution < 1.29 is 32.6 Å². The van der Waals surface area contributed by atoms with Gasteiger partial charge in [0.05, 0.1) is 0 Å². The van der Waals surface area contributed by atoms with E-state index in [0.717, 1.165) is 6.42 Å². The van der Waals surface area contributed by atoms with Crippen LogP contribution in [0.15, 0.2) is 0 Å². The Hall–Kier alpha value is -1.31. The predicted octanol–water partition coefficient (Wildman–Crippen LogP) is 1.32. The van der Waals surface area contributed by atoms with Crippen LogP contribution >= 0.6 is 0 Å². The Morgan fingerprint density at radius 1 is 1.39 bits per heavy atom. The SMILES string of the molecule is CCCCC(NC(=O)COCC(F)(F)F)C(=O)O. The van der Waals surface area contributed by atoms with Crippen molar-refractivity contribution in [3.05, 3.63) is 0 Å². The number of ether oxygens (including phenoxy) is 1. The zero-order valence-corrected chi connectivity index (χ0v) is 9.92. The van der Waals surface area contributed by atoms with Gasteiger partial charge in [0, 0.05) is 0 Å². The molecule has 0 aromatic heterocycles. The van der Waals surface area contributed by atoms with Crippen molar-refractivity contribution in [2.24, 2.45) is 0 Å². The molecule has 0 saturated heterocycles. The number of nitrogens with one attached hydrogen (secondary N) is 1. The van der Waals surface area contributed by atoms with Crippen LogP contribution in [0.4, 0.5) is 13.2 Å². The fourth-order valence-corrected chi connectivity index (χ4v) is 1.16. The highest BCUT2D eigenvalue weighted by molar-refractivity contribution is 5.84. The number of halogens is 3. The van der Waals surface area contributed by atoms with Gasteiger partial charge >= 0.3 is 12.1 Å². The first-order valence-corrected chi connectivity index (χ1v) is 5.43. The van der Waals surface area contributed by atoms with Gasteiger partial charge in [-0.15, -0.1) is 0 Å². The summed E-state index contributed by atoms with van der Waals surface area (Å²) in [5.74, 6) is -2.09. The van der Waals surface area contributed by atoms with E-state index >= 15 is 0 Å². The number of unbranched alkanes of at least 4 members (excludes halogenated alkanes) is 1. The van der Waals surface area contributed by atoms with Crippen LogP contribution in [-0.2, 0) is 14.3 Å². The summed E-state index contributed by atoms with van der Waals surface area (Å²) in [7, 11) is 0. The number of hydrogen-bond donors (Lipinski definition) is 2. The molecule has 0 bridgehead atoms. The fourth-order valence-electron chi connectivity index (χ4n) is 1.16. The normalized spacial score (nSPS) is 13.1. The molecule has 0 saturated carbocycles. The molecule has 0 fully saturated rings. The molecule has 0 aromatic carbocycles. The first kappa shape index (κ1) is 16.7. The van der Waals surface area contributed by atoms with Crippen LogP contribution in [0.5, 0.6) is 0 Å². The molecule has 0 heterocycles. The van der Waals surface area contributed by atoms with Gasteiger partial charge in [0.15, 0.2) is 0 Å². The summed E-state index contributed by atoms with van der Waals surface area (Å²) in [6.45, 7) is -0.490. The highest BCUT2D eigenvalue weighted by atomic mass is 19.4. The number of hydrogen-bond acceptors (Lipinski definition) is 3. The van der Waals surface area contributed by atoms with Gasteiger partial charge in [-0.3, -0.25) is 4.79 Å². The maximum absolute atomic E-state index is 11.7. The van der Waals surface area contributed by atoms with E-state index in [1.54, 1.807) is 0 Å². The Labute approximate surface area is 102 Å². The number of amides is 1. The first-order chi connectivity index (χ1) is 8.26. The number of carboxylic acid groups (broad SMARTS) is 1. The summed E-state index contributed by atoms with van der Waals surface area (Å²) in [5.41, 5.74) is 0. The van der Waals surface area contributed by atoms with Crippen molar-refractivity contribution in [3.8, 4) is 0 Å². The fraction of sp³-hybridized carbons (Fsp3) is 0.800. The lowest BCUT2D eigenvalue weighted by atomic mass is 10.1. The Kier molecular flexibility index (Phi) is 7.33. The molecule has 5 nitrogen and oxygen atoms in total. The third-order valence-corrected chi connectivity index (χ3v) is 1.98. The standard InChI is InChI=1S/C10H16F3NO4/c1-2-3-4-7(9(16)17)14-8(15)5-18-6-10(11,12)13/h7H,2-6H2,1H3,(H,14,15)(H,16,17). The average molecular weight is 271 g/mol. The van der Waals surface area contributed by atoms with E-state index < -0.39 is 37.3 Å². The molecule has 106 valence electrons. The lowest BCUT2D eigenvalue weighted by Crippen LogP contribution is -2.42. The van der Waals surface area contributed by atoms with Gasteiger partial charge in [-0.1, -0.05) is 19.8 Å². The largest absolute Gasteiger partial charge is 0.480 e. The highest BCUT2D eigenvalue weighted by Crippen LogP contribution is 2.14. The summed E-state index contributed by atoms with van der Waals surface area (Å²) in [6.07, 6.45) is -2.92. The molecule has 0 aliphatic heterocycles. The molecule has 1 atom stereocenters. The van der Waals surface area contributed by atoms with Crippen LogP contribution in [0.3, 0.4) is 0 Å². The molecular formula is C10H16F3NO4. The van der Waals surface area contributed by atoms with Crippen LogP contribution in [0.25, 0.3) is 0 Å². The van der Waals surface area contributed by atoms with E-state index in [1.165, 1.54) is 0 Å². The molecule has 0 aliphatic carbocycles. The Bertz CT molecular complexity index is 281. The van der Waals surface area contributed by atoms with Gasteiger partial charge in [-0.2, -0.15) is 13.2 Å². The summed E-state index contributed by atoms with van der Waals surface area (Å²) in [4.78, 5) is 21.9. The molecule has 2 N–H and O–H groups in total. The van der Waals surface area contributed by atoms with Gasteiger partial charge in [0.2, 0.25) is 5.91 Å². The zero-order valence-electron chi connectivity index (χ0n) is 9.92. The maximum Gasteiger partial charge on any atom is 0.411 e. The van der Waals surface area contributed by atoms with Gasteiger partial charge in [-0.05, 0) is 6.42 Å². The van der Waals surface area contributed by atoms with E-state index in [2.05, 4.69) is 10.1 Å². The minimum Gasteiger partial charge on any atom is -0.480 e. The van der Waals surface area contributed by atoms with E-state index in [0.29, 0.717) is 6.42 Å². The summed E-state index contributed by atoms with van der Waals surface area (Å²) in [6, 6.07) is -1.09. The second-order valence-corrected chi connectivity index (χ2v) is 3.71. The number of aliphatic carboxylic acids is 1. The van der Waals surface area contributed by atoms with Gasteiger partial charge in [-0.25, -0.2) is 4.79 Å². The molecule has 0 aliphatic rings. The van der Waals surface area contributed by atoms with Gasteiger partial charge < -0.3 is 15.2 Å². The Morgan fingerprint density at radius 2 is 2.00 bits per heavy atom. The number of carboxylic acids is 1. The van der Waals surface area contributed by atoms with Crippen molar-refractivity contribution in [1.82, 2.24) is 5.32 Å². The molecule has 0 radical (unpaired) electrons. The Morgan fingerprint density at radius 3 is 2.44 bits per heavy atom. The van der Waals surface area contributed by atoms with Crippen LogP contribution in [0.1, 0.15) is 26.2 Å². The topological polar surface area (TPSA) is 75.6 Å².